The molecule has 26 heavy (non-hydrogen) atoms. The second-order valence-electron chi connectivity index (χ2n) is 5.58. The van der Waals surface area contributed by atoms with Crippen LogP contribution in [-0.4, -0.2) is 30.6 Å². The molecule has 9 nitrogen and oxygen atoms in total. The van der Waals surface area contributed by atoms with E-state index >= 15 is 0 Å². The monoisotopic (exact) mass is 363 g/mol. The third-order valence-electron chi connectivity index (χ3n) is 3.88. The predicted molar refractivity (Wildman–Crippen MR) is 92.6 cm³/mol. The molecular formula is C17H21N3O6. The minimum absolute atomic E-state index is 0.0921. The third kappa shape index (κ3) is 3.93. The van der Waals surface area contributed by atoms with Crippen LogP contribution in [0.3, 0.4) is 0 Å². The fourth-order valence-corrected chi connectivity index (χ4v) is 2.79. The summed E-state index contributed by atoms with van der Waals surface area (Å²) >= 11 is 0. The number of nitro groups is 1. The maximum Gasteiger partial charge on any atom is 0.338 e. The van der Waals surface area contributed by atoms with Gasteiger partial charge in [-0.1, -0.05) is 19.4 Å². The molecular weight excluding hydrogens is 342 g/mol. The number of nitrogens with one attached hydrogen (secondary N) is 2. The van der Waals surface area contributed by atoms with Gasteiger partial charge in [-0.3, -0.25) is 10.1 Å². The summed E-state index contributed by atoms with van der Waals surface area (Å²) in [6.45, 7) is 3.77. The Bertz CT molecular complexity index is 759. The van der Waals surface area contributed by atoms with Gasteiger partial charge in [0.05, 0.1) is 30.3 Å². The van der Waals surface area contributed by atoms with Crippen LogP contribution in [0.4, 0.5) is 10.5 Å². The summed E-state index contributed by atoms with van der Waals surface area (Å²) in [5.41, 5.74) is 0.841. The van der Waals surface area contributed by atoms with Gasteiger partial charge in [0, 0.05) is 11.8 Å². The standard InChI is InChI=1S/C17H21N3O6/c1-4-6-11-14(16(21)26-5-2)15(19-17(22)18-11)10-7-8-13(25-3)12(9-10)20(23)24/h7-9,15H,4-6H2,1-3H3,(H2,18,19,22). The van der Waals surface area contributed by atoms with E-state index in [0.29, 0.717) is 24.1 Å². The number of allylic oxidation sites excluding steroid dienone is 1. The molecule has 9 heteroatoms. The second-order valence-corrected chi connectivity index (χ2v) is 5.58. The molecule has 2 amide bonds. The zero-order valence-corrected chi connectivity index (χ0v) is 14.8. The number of methoxy groups -OCH3 is 1. The van der Waals surface area contributed by atoms with Gasteiger partial charge in [0.25, 0.3) is 0 Å². The lowest BCUT2D eigenvalue weighted by molar-refractivity contribution is -0.385. The average molecular weight is 363 g/mol. The maximum atomic E-state index is 12.5. The number of ether oxygens (including phenoxy) is 2. The maximum absolute atomic E-state index is 12.5. The number of carbonyl (C=O) groups is 2. The topological polar surface area (TPSA) is 120 Å². The van der Waals surface area contributed by atoms with Crippen LogP contribution in [0.25, 0.3) is 0 Å². The Morgan fingerprint density at radius 3 is 2.65 bits per heavy atom. The molecule has 1 heterocycles. The molecule has 0 saturated carbocycles. The average Bonchev–Trinajstić information content (AvgIpc) is 2.61. The van der Waals surface area contributed by atoms with Gasteiger partial charge in [-0.15, -0.1) is 0 Å². The highest BCUT2D eigenvalue weighted by atomic mass is 16.6. The molecule has 1 unspecified atom stereocenters. The van der Waals surface area contributed by atoms with Gasteiger partial charge >= 0.3 is 17.7 Å². The van der Waals surface area contributed by atoms with Gasteiger partial charge in [0.2, 0.25) is 0 Å². The summed E-state index contributed by atoms with van der Waals surface area (Å²) in [4.78, 5) is 35.2. The fraction of sp³-hybridized carbons (Fsp3) is 0.412. The van der Waals surface area contributed by atoms with Crippen molar-refractivity contribution in [2.75, 3.05) is 13.7 Å². The molecule has 0 radical (unpaired) electrons. The van der Waals surface area contributed by atoms with E-state index in [1.807, 2.05) is 6.92 Å². The van der Waals surface area contributed by atoms with E-state index in [0.717, 1.165) is 0 Å². The van der Waals surface area contributed by atoms with E-state index in [4.69, 9.17) is 9.47 Å². The summed E-state index contributed by atoms with van der Waals surface area (Å²) in [6.07, 6.45) is 1.17. The molecule has 0 saturated heterocycles. The van der Waals surface area contributed by atoms with E-state index in [9.17, 15) is 19.7 Å². The smallest absolute Gasteiger partial charge is 0.338 e. The molecule has 0 aromatic heterocycles. The minimum atomic E-state index is -0.853. The number of hydrogen-bond acceptors (Lipinski definition) is 6. The lowest BCUT2D eigenvalue weighted by Crippen LogP contribution is -2.46. The minimum Gasteiger partial charge on any atom is -0.490 e. The first-order valence-electron chi connectivity index (χ1n) is 8.22. The Kier molecular flexibility index (Phi) is 6.16. The molecule has 0 aliphatic carbocycles. The van der Waals surface area contributed by atoms with Gasteiger partial charge in [-0.05, 0) is 25.0 Å². The van der Waals surface area contributed by atoms with Gasteiger partial charge in [-0.25, -0.2) is 9.59 Å². The van der Waals surface area contributed by atoms with Crippen LogP contribution < -0.4 is 15.4 Å². The van der Waals surface area contributed by atoms with E-state index in [-0.39, 0.29) is 23.6 Å². The SMILES string of the molecule is CCCC1=C(C(=O)OCC)C(c2ccc(OC)c([N+](=O)[O-])c2)NC(=O)N1. The second kappa shape index (κ2) is 8.32. The quantitative estimate of drug-likeness (QED) is 0.436. The number of benzene rings is 1. The zero-order valence-electron chi connectivity index (χ0n) is 14.8. The number of rotatable bonds is 7. The first kappa shape index (κ1) is 19.2. The zero-order chi connectivity index (χ0) is 19.3. The number of hydrogen-bond donors (Lipinski definition) is 2. The van der Waals surface area contributed by atoms with E-state index in [1.165, 1.54) is 19.2 Å². The Balaban J connectivity index is 2.58. The highest BCUT2D eigenvalue weighted by Gasteiger charge is 2.34. The molecule has 1 aliphatic rings. The summed E-state index contributed by atoms with van der Waals surface area (Å²) in [5.74, 6) is -0.485. The van der Waals surface area contributed by atoms with Crippen molar-refractivity contribution in [2.45, 2.75) is 32.7 Å². The van der Waals surface area contributed by atoms with Crippen LogP contribution in [0.5, 0.6) is 5.75 Å². The molecule has 1 aromatic carbocycles. The van der Waals surface area contributed by atoms with Crippen molar-refractivity contribution in [1.82, 2.24) is 10.6 Å². The van der Waals surface area contributed by atoms with Crippen molar-refractivity contribution >= 4 is 17.7 Å². The van der Waals surface area contributed by atoms with Gasteiger partial charge in [0.1, 0.15) is 0 Å². The van der Waals surface area contributed by atoms with Crippen molar-refractivity contribution in [3.8, 4) is 5.75 Å². The first-order chi connectivity index (χ1) is 12.4. The van der Waals surface area contributed by atoms with E-state index < -0.39 is 23.0 Å². The molecule has 2 N–H and O–H groups in total. The summed E-state index contributed by atoms with van der Waals surface area (Å²) < 4.78 is 10.1. The van der Waals surface area contributed by atoms with Crippen molar-refractivity contribution < 1.29 is 24.0 Å². The lowest BCUT2D eigenvalue weighted by atomic mass is 9.93. The van der Waals surface area contributed by atoms with E-state index in [1.54, 1.807) is 13.0 Å². The summed E-state index contributed by atoms with van der Waals surface area (Å²) in [5, 5.41) is 16.6. The molecule has 0 bridgehead atoms. The van der Waals surface area contributed by atoms with Crippen molar-refractivity contribution in [2.24, 2.45) is 0 Å². The molecule has 1 aromatic rings. The normalized spacial score (nSPS) is 16.6. The van der Waals surface area contributed by atoms with Crippen LogP contribution in [0.2, 0.25) is 0 Å². The van der Waals surface area contributed by atoms with Gasteiger partial charge in [0.15, 0.2) is 5.75 Å². The van der Waals surface area contributed by atoms with Gasteiger partial charge in [-0.2, -0.15) is 0 Å². The summed E-state index contributed by atoms with van der Waals surface area (Å²) in [6, 6.07) is 2.96. The lowest BCUT2D eigenvalue weighted by Gasteiger charge is -2.29. The van der Waals surface area contributed by atoms with Crippen LogP contribution in [0.1, 0.15) is 38.3 Å². The Hall–Kier alpha value is -3.10. The number of urea groups is 1. The molecule has 0 spiro atoms. The molecule has 2 rings (SSSR count). The molecule has 0 fully saturated rings. The number of carbonyl (C=O) groups excluding carboxylic acids is 2. The van der Waals surface area contributed by atoms with Crippen LogP contribution in [0.15, 0.2) is 29.5 Å². The number of nitro benzene ring substituents is 1. The van der Waals surface area contributed by atoms with Crippen molar-refractivity contribution in [3.63, 3.8) is 0 Å². The largest absolute Gasteiger partial charge is 0.490 e. The van der Waals surface area contributed by atoms with E-state index in [2.05, 4.69) is 10.6 Å². The fourth-order valence-electron chi connectivity index (χ4n) is 2.79. The Morgan fingerprint density at radius 2 is 2.08 bits per heavy atom. The molecule has 1 aliphatic heterocycles. The van der Waals surface area contributed by atoms with Crippen LogP contribution in [-0.2, 0) is 9.53 Å². The number of amides is 2. The van der Waals surface area contributed by atoms with Crippen molar-refractivity contribution in [3.05, 3.63) is 45.1 Å². The Labute approximate surface area is 150 Å². The predicted octanol–water partition coefficient (Wildman–Crippen LogP) is 2.57. The van der Waals surface area contributed by atoms with Crippen LogP contribution >= 0.6 is 0 Å². The van der Waals surface area contributed by atoms with Crippen LogP contribution in [0, 0.1) is 10.1 Å². The summed E-state index contributed by atoms with van der Waals surface area (Å²) in [7, 11) is 1.33. The molecule has 1 atom stereocenters. The highest BCUT2D eigenvalue weighted by Crippen LogP contribution is 2.34. The Morgan fingerprint density at radius 1 is 1.35 bits per heavy atom. The third-order valence-corrected chi connectivity index (χ3v) is 3.88. The van der Waals surface area contributed by atoms with Gasteiger partial charge < -0.3 is 20.1 Å². The number of nitrogens with zero attached hydrogens (tertiary/aromatic N) is 1. The first-order valence-corrected chi connectivity index (χ1v) is 8.22. The number of esters is 1. The molecule has 140 valence electrons. The van der Waals surface area contributed by atoms with Crippen molar-refractivity contribution in [1.29, 1.82) is 0 Å². The highest BCUT2D eigenvalue weighted by molar-refractivity contribution is 5.95.